The molecule has 2 amide bonds. The summed E-state index contributed by atoms with van der Waals surface area (Å²) in [4.78, 5) is 26.2. The number of rotatable bonds is 3. The number of piperidine rings is 1. The van der Waals surface area contributed by atoms with Gasteiger partial charge in [0.25, 0.3) is 5.91 Å². The summed E-state index contributed by atoms with van der Waals surface area (Å²) in [6, 6.07) is 4.27. The smallest absolute Gasteiger partial charge is 0.410 e. The Kier molecular flexibility index (Phi) is 6.03. The zero-order chi connectivity index (χ0) is 18.6. The highest BCUT2D eigenvalue weighted by molar-refractivity contribution is 5.95. The van der Waals surface area contributed by atoms with Crippen LogP contribution in [0.2, 0.25) is 0 Å². The number of hydrogen-bond acceptors (Lipinski definition) is 3. The number of ether oxygens (including phenoxy) is 1. The first kappa shape index (κ1) is 19.2. The minimum atomic E-state index is -0.518. The average Bonchev–Trinajstić information content (AvgIpc) is 2.53. The molecule has 0 spiro atoms. The van der Waals surface area contributed by atoms with Gasteiger partial charge in [-0.05, 0) is 57.7 Å². The summed E-state index contributed by atoms with van der Waals surface area (Å²) >= 11 is 0. The highest BCUT2D eigenvalue weighted by Crippen LogP contribution is 2.17. The highest BCUT2D eigenvalue weighted by atomic mass is 19.1. The van der Waals surface area contributed by atoms with Crippen LogP contribution in [0.15, 0.2) is 18.2 Å². The van der Waals surface area contributed by atoms with Crippen molar-refractivity contribution in [1.82, 2.24) is 10.2 Å². The fourth-order valence-corrected chi connectivity index (χ4v) is 2.86. The summed E-state index contributed by atoms with van der Waals surface area (Å²) in [6.45, 7) is 8.50. The van der Waals surface area contributed by atoms with Gasteiger partial charge in [0.2, 0.25) is 0 Å². The topological polar surface area (TPSA) is 58.6 Å². The Morgan fingerprint density at radius 1 is 1.28 bits per heavy atom. The summed E-state index contributed by atoms with van der Waals surface area (Å²) in [5.74, 6) is -0.672. The molecule has 1 aliphatic heterocycles. The Hall–Kier alpha value is -2.11. The molecule has 1 saturated heterocycles. The number of amides is 2. The van der Waals surface area contributed by atoms with Crippen LogP contribution in [0.25, 0.3) is 0 Å². The predicted molar refractivity (Wildman–Crippen MR) is 94.1 cm³/mol. The van der Waals surface area contributed by atoms with E-state index in [1.54, 1.807) is 11.0 Å². The largest absolute Gasteiger partial charge is 0.444 e. The van der Waals surface area contributed by atoms with Crippen LogP contribution in [0.5, 0.6) is 0 Å². The van der Waals surface area contributed by atoms with Gasteiger partial charge in [0.05, 0.1) is 0 Å². The molecule has 5 nitrogen and oxygen atoms in total. The van der Waals surface area contributed by atoms with Crippen molar-refractivity contribution in [2.24, 2.45) is 0 Å². The van der Waals surface area contributed by atoms with Gasteiger partial charge in [0.1, 0.15) is 11.4 Å². The number of aryl methyl sites for hydroxylation is 1. The Labute approximate surface area is 148 Å². The van der Waals surface area contributed by atoms with Crippen LogP contribution < -0.4 is 5.32 Å². The standard InChI is InChI=1S/C19H27FN2O3/c1-5-13-6-7-14(20)12-16(13)17(23)21-15-8-10-22(11-9-15)18(24)25-19(2,3)4/h6-7,12,15H,5,8-11H2,1-4H3,(H,21,23). The Morgan fingerprint density at radius 3 is 2.48 bits per heavy atom. The third-order valence-electron chi connectivity index (χ3n) is 4.18. The van der Waals surface area contributed by atoms with E-state index >= 15 is 0 Å². The monoisotopic (exact) mass is 350 g/mol. The van der Waals surface area contributed by atoms with Crippen molar-refractivity contribution in [2.45, 2.75) is 58.6 Å². The zero-order valence-electron chi connectivity index (χ0n) is 15.4. The van der Waals surface area contributed by atoms with E-state index < -0.39 is 11.4 Å². The van der Waals surface area contributed by atoms with E-state index in [0.29, 0.717) is 37.9 Å². The normalized spacial score (nSPS) is 15.8. The van der Waals surface area contributed by atoms with E-state index in [9.17, 15) is 14.0 Å². The second-order valence-corrected chi connectivity index (χ2v) is 7.37. The second-order valence-electron chi connectivity index (χ2n) is 7.37. The van der Waals surface area contributed by atoms with Crippen molar-refractivity contribution in [3.8, 4) is 0 Å². The van der Waals surface area contributed by atoms with Gasteiger partial charge in [-0.2, -0.15) is 0 Å². The van der Waals surface area contributed by atoms with E-state index in [0.717, 1.165) is 5.56 Å². The first-order valence-corrected chi connectivity index (χ1v) is 8.77. The van der Waals surface area contributed by atoms with Crippen LogP contribution >= 0.6 is 0 Å². The van der Waals surface area contributed by atoms with Gasteiger partial charge < -0.3 is 15.0 Å². The molecule has 0 radical (unpaired) electrons. The lowest BCUT2D eigenvalue weighted by Crippen LogP contribution is -2.47. The lowest BCUT2D eigenvalue weighted by atomic mass is 10.0. The maximum absolute atomic E-state index is 13.5. The predicted octanol–water partition coefficient (Wildman–Crippen LogP) is 3.52. The Morgan fingerprint density at radius 2 is 1.92 bits per heavy atom. The molecule has 6 heteroatoms. The van der Waals surface area contributed by atoms with Crippen molar-refractivity contribution in [1.29, 1.82) is 0 Å². The number of halogens is 1. The number of carbonyl (C=O) groups is 2. The molecule has 0 atom stereocenters. The van der Waals surface area contributed by atoms with Crippen molar-refractivity contribution in [3.63, 3.8) is 0 Å². The van der Waals surface area contributed by atoms with E-state index in [2.05, 4.69) is 5.32 Å². The quantitative estimate of drug-likeness (QED) is 0.907. The van der Waals surface area contributed by atoms with E-state index in [1.165, 1.54) is 12.1 Å². The number of likely N-dealkylation sites (tertiary alicyclic amines) is 1. The molecule has 1 heterocycles. The van der Waals surface area contributed by atoms with Gasteiger partial charge in [-0.3, -0.25) is 4.79 Å². The molecule has 0 aliphatic carbocycles. The summed E-state index contributed by atoms with van der Waals surface area (Å²) < 4.78 is 18.8. The fourth-order valence-electron chi connectivity index (χ4n) is 2.86. The summed E-state index contributed by atoms with van der Waals surface area (Å²) in [6.07, 6.45) is 1.65. The second kappa shape index (κ2) is 7.85. The van der Waals surface area contributed by atoms with Crippen LogP contribution in [0, 0.1) is 5.82 Å². The highest BCUT2D eigenvalue weighted by Gasteiger charge is 2.27. The molecule has 1 aromatic carbocycles. The average molecular weight is 350 g/mol. The van der Waals surface area contributed by atoms with Crippen LogP contribution in [-0.2, 0) is 11.2 Å². The number of nitrogens with zero attached hydrogens (tertiary/aromatic N) is 1. The van der Waals surface area contributed by atoms with Crippen molar-refractivity contribution >= 4 is 12.0 Å². The van der Waals surface area contributed by atoms with Gasteiger partial charge in [-0.25, -0.2) is 9.18 Å². The zero-order valence-corrected chi connectivity index (χ0v) is 15.4. The summed E-state index contributed by atoms with van der Waals surface area (Å²) in [5, 5.41) is 2.96. The maximum Gasteiger partial charge on any atom is 0.410 e. The number of nitrogens with one attached hydrogen (secondary N) is 1. The molecule has 0 aromatic heterocycles. The van der Waals surface area contributed by atoms with Gasteiger partial charge in [0.15, 0.2) is 0 Å². The molecular formula is C19H27FN2O3. The van der Waals surface area contributed by atoms with Crippen LogP contribution in [0.1, 0.15) is 56.5 Å². The number of hydrogen-bond donors (Lipinski definition) is 1. The van der Waals surface area contributed by atoms with Crippen LogP contribution in [0.4, 0.5) is 9.18 Å². The van der Waals surface area contributed by atoms with Crippen LogP contribution in [-0.4, -0.2) is 41.6 Å². The Balaban J connectivity index is 1.91. The molecule has 2 rings (SSSR count). The first-order valence-electron chi connectivity index (χ1n) is 8.77. The summed E-state index contributed by atoms with van der Waals surface area (Å²) in [5.41, 5.74) is 0.693. The van der Waals surface area contributed by atoms with Crippen molar-refractivity contribution in [3.05, 3.63) is 35.1 Å². The van der Waals surface area contributed by atoms with Crippen molar-refractivity contribution < 1.29 is 18.7 Å². The summed E-state index contributed by atoms with van der Waals surface area (Å²) in [7, 11) is 0. The lowest BCUT2D eigenvalue weighted by Gasteiger charge is -2.33. The molecule has 1 aromatic rings. The number of benzene rings is 1. The third-order valence-corrected chi connectivity index (χ3v) is 4.18. The minimum absolute atomic E-state index is 0.0286. The van der Waals surface area contributed by atoms with E-state index in [4.69, 9.17) is 4.74 Å². The first-order chi connectivity index (χ1) is 11.7. The van der Waals surface area contributed by atoms with Gasteiger partial charge >= 0.3 is 6.09 Å². The molecule has 25 heavy (non-hydrogen) atoms. The van der Waals surface area contributed by atoms with E-state index in [1.807, 2.05) is 27.7 Å². The van der Waals surface area contributed by atoms with Gasteiger partial charge in [-0.15, -0.1) is 0 Å². The third kappa shape index (κ3) is 5.44. The molecule has 1 N–H and O–H groups in total. The molecule has 0 unspecified atom stereocenters. The van der Waals surface area contributed by atoms with Gasteiger partial charge in [-0.1, -0.05) is 13.0 Å². The Bertz CT molecular complexity index is 632. The van der Waals surface area contributed by atoms with Gasteiger partial charge in [0, 0.05) is 24.7 Å². The molecule has 138 valence electrons. The molecule has 1 aliphatic rings. The maximum atomic E-state index is 13.5. The lowest BCUT2D eigenvalue weighted by molar-refractivity contribution is 0.0199. The molecule has 1 fully saturated rings. The van der Waals surface area contributed by atoms with Crippen molar-refractivity contribution in [2.75, 3.05) is 13.1 Å². The molecule has 0 bridgehead atoms. The number of carbonyl (C=O) groups excluding carboxylic acids is 2. The SMILES string of the molecule is CCc1ccc(F)cc1C(=O)NC1CCN(C(=O)OC(C)(C)C)CC1. The molecular weight excluding hydrogens is 323 g/mol. The van der Waals surface area contributed by atoms with E-state index in [-0.39, 0.29) is 18.0 Å². The minimum Gasteiger partial charge on any atom is -0.444 e. The van der Waals surface area contributed by atoms with Crippen LogP contribution in [0.3, 0.4) is 0 Å². The fraction of sp³-hybridized carbons (Fsp3) is 0.579. The molecule has 0 saturated carbocycles.